The molecule has 1 saturated heterocycles. The molecule has 1 aliphatic heterocycles. The van der Waals surface area contributed by atoms with Crippen molar-refractivity contribution in [2.45, 2.75) is 38.9 Å². The second-order valence-electron chi connectivity index (χ2n) is 6.40. The van der Waals surface area contributed by atoms with E-state index in [0.29, 0.717) is 24.9 Å². The second-order valence-corrected chi connectivity index (χ2v) is 8.33. The van der Waals surface area contributed by atoms with E-state index in [0.717, 1.165) is 12.2 Å². The third-order valence-corrected chi connectivity index (χ3v) is 5.66. The Balaban J connectivity index is 1.88. The van der Waals surface area contributed by atoms with Gasteiger partial charge in [-0.3, -0.25) is 4.57 Å². The van der Waals surface area contributed by atoms with Gasteiger partial charge in [0.2, 0.25) is 16.0 Å². The third-order valence-electron chi connectivity index (χ3n) is 4.37. The zero-order valence-corrected chi connectivity index (χ0v) is 15.2. The lowest BCUT2D eigenvalue weighted by atomic mass is 10.1. The van der Waals surface area contributed by atoms with Crippen LogP contribution in [-0.4, -0.2) is 46.3 Å². The Morgan fingerprint density at radius 1 is 1.42 bits per heavy atom. The van der Waals surface area contributed by atoms with Crippen molar-refractivity contribution in [2.75, 3.05) is 17.7 Å². The quantitative estimate of drug-likeness (QED) is 0.783. The van der Waals surface area contributed by atoms with E-state index in [9.17, 15) is 8.42 Å². The number of anilines is 1. The third kappa shape index (κ3) is 3.05. The van der Waals surface area contributed by atoms with Crippen LogP contribution < -0.4 is 4.90 Å². The minimum atomic E-state index is -3.22. The molecule has 9 heteroatoms. The predicted octanol–water partition coefficient (Wildman–Crippen LogP) is 1.53. The van der Waals surface area contributed by atoms with Crippen LogP contribution in [0.15, 0.2) is 22.8 Å². The molecule has 1 atom stereocenters. The van der Waals surface area contributed by atoms with Crippen LogP contribution in [-0.2, 0) is 23.6 Å². The smallest absolute Gasteiger partial charge is 0.227 e. The fourth-order valence-electron chi connectivity index (χ4n) is 2.95. The van der Waals surface area contributed by atoms with E-state index in [1.165, 1.54) is 10.6 Å². The van der Waals surface area contributed by atoms with Gasteiger partial charge in [0.25, 0.3) is 0 Å². The first-order valence-corrected chi connectivity index (χ1v) is 9.79. The SMILES string of the molecule is CC(C)N(Cc1ccco1)c1nnc(C2CCN2S(C)(=O)=O)n1C. The van der Waals surface area contributed by atoms with Gasteiger partial charge in [-0.25, -0.2) is 8.42 Å². The van der Waals surface area contributed by atoms with Gasteiger partial charge in [0.15, 0.2) is 5.82 Å². The summed E-state index contributed by atoms with van der Waals surface area (Å²) in [5.74, 6) is 2.22. The summed E-state index contributed by atoms with van der Waals surface area (Å²) in [5.41, 5.74) is 0. The van der Waals surface area contributed by atoms with Gasteiger partial charge in [-0.2, -0.15) is 4.31 Å². The molecule has 2 aromatic rings. The van der Waals surface area contributed by atoms with Gasteiger partial charge < -0.3 is 9.32 Å². The zero-order valence-electron chi connectivity index (χ0n) is 14.4. The van der Waals surface area contributed by atoms with Crippen molar-refractivity contribution in [1.82, 2.24) is 19.1 Å². The van der Waals surface area contributed by atoms with E-state index in [-0.39, 0.29) is 12.1 Å². The highest BCUT2D eigenvalue weighted by Crippen LogP contribution is 2.35. The highest BCUT2D eigenvalue weighted by molar-refractivity contribution is 7.88. The van der Waals surface area contributed by atoms with Gasteiger partial charge in [-0.05, 0) is 32.4 Å². The predicted molar refractivity (Wildman–Crippen MR) is 89.9 cm³/mol. The number of aromatic nitrogens is 3. The number of sulfonamides is 1. The number of hydrogen-bond donors (Lipinski definition) is 0. The molecule has 0 aliphatic carbocycles. The topological polar surface area (TPSA) is 84.5 Å². The van der Waals surface area contributed by atoms with E-state index in [4.69, 9.17) is 4.42 Å². The summed E-state index contributed by atoms with van der Waals surface area (Å²) in [6, 6.07) is 3.74. The Kier molecular flexibility index (Phi) is 4.39. The Hall–Kier alpha value is -1.87. The summed E-state index contributed by atoms with van der Waals surface area (Å²) >= 11 is 0. The highest BCUT2D eigenvalue weighted by atomic mass is 32.2. The molecular weight excluding hydrogens is 330 g/mol. The van der Waals surface area contributed by atoms with Crippen molar-refractivity contribution in [3.63, 3.8) is 0 Å². The summed E-state index contributed by atoms with van der Waals surface area (Å²) in [6.07, 6.45) is 3.64. The standard InChI is InChI=1S/C15H23N5O3S/c1-11(2)19(10-12-6-5-9-23-12)15-17-16-14(18(15)3)13-7-8-20(13)24(4,21)22/h5-6,9,11,13H,7-8,10H2,1-4H3. The molecule has 1 fully saturated rings. The molecule has 3 heterocycles. The Morgan fingerprint density at radius 3 is 2.67 bits per heavy atom. The van der Waals surface area contributed by atoms with E-state index >= 15 is 0 Å². The maximum atomic E-state index is 11.8. The maximum Gasteiger partial charge on any atom is 0.227 e. The molecule has 0 bridgehead atoms. The molecule has 1 unspecified atom stereocenters. The van der Waals surface area contributed by atoms with Crippen molar-refractivity contribution in [1.29, 1.82) is 0 Å². The molecule has 0 spiro atoms. The Morgan fingerprint density at radius 2 is 2.17 bits per heavy atom. The van der Waals surface area contributed by atoms with Crippen molar-refractivity contribution in [3.05, 3.63) is 30.0 Å². The van der Waals surface area contributed by atoms with Crippen LogP contribution in [0.4, 0.5) is 5.95 Å². The minimum Gasteiger partial charge on any atom is -0.467 e. The number of hydrogen-bond acceptors (Lipinski definition) is 6. The number of rotatable bonds is 6. The van der Waals surface area contributed by atoms with Crippen LogP contribution in [0.2, 0.25) is 0 Å². The number of nitrogens with zero attached hydrogens (tertiary/aromatic N) is 5. The van der Waals surface area contributed by atoms with Crippen LogP contribution >= 0.6 is 0 Å². The Labute approximate surface area is 142 Å². The van der Waals surface area contributed by atoms with E-state index in [1.54, 1.807) is 6.26 Å². The molecule has 0 saturated carbocycles. The van der Waals surface area contributed by atoms with Crippen LogP contribution in [0.3, 0.4) is 0 Å². The van der Waals surface area contributed by atoms with Crippen molar-refractivity contribution in [2.24, 2.45) is 7.05 Å². The fraction of sp³-hybridized carbons (Fsp3) is 0.600. The molecule has 24 heavy (non-hydrogen) atoms. The molecule has 1 aliphatic rings. The lowest BCUT2D eigenvalue weighted by molar-refractivity contribution is 0.190. The molecule has 0 radical (unpaired) electrons. The Bertz CT molecular complexity index is 797. The average molecular weight is 353 g/mol. The first-order valence-electron chi connectivity index (χ1n) is 7.94. The molecule has 8 nitrogen and oxygen atoms in total. The molecule has 0 aromatic carbocycles. The first kappa shape index (κ1) is 17.0. The van der Waals surface area contributed by atoms with Crippen molar-refractivity contribution >= 4 is 16.0 Å². The summed E-state index contributed by atoms with van der Waals surface area (Å²) < 4.78 is 32.4. The van der Waals surface area contributed by atoms with Gasteiger partial charge in [-0.15, -0.1) is 10.2 Å². The van der Waals surface area contributed by atoms with Crippen molar-refractivity contribution in [3.8, 4) is 0 Å². The largest absolute Gasteiger partial charge is 0.467 e. The fourth-order valence-corrected chi connectivity index (χ4v) is 4.04. The van der Waals surface area contributed by atoms with Gasteiger partial charge in [-0.1, -0.05) is 0 Å². The molecule has 0 N–H and O–H groups in total. The molecule has 132 valence electrons. The summed E-state index contributed by atoms with van der Waals surface area (Å²) in [4.78, 5) is 2.08. The monoisotopic (exact) mass is 353 g/mol. The van der Waals surface area contributed by atoms with Crippen LogP contribution in [0, 0.1) is 0 Å². The van der Waals surface area contributed by atoms with Crippen LogP contribution in [0.25, 0.3) is 0 Å². The van der Waals surface area contributed by atoms with Crippen molar-refractivity contribution < 1.29 is 12.8 Å². The van der Waals surface area contributed by atoms with Gasteiger partial charge in [0.1, 0.15) is 5.76 Å². The zero-order chi connectivity index (χ0) is 17.5. The summed E-state index contributed by atoms with van der Waals surface area (Å²) in [6.45, 7) is 5.26. The lowest BCUT2D eigenvalue weighted by Crippen LogP contribution is -2.45. The van der Waals surface area contributed by atoms with E-state index in [2.05, 4.69) is 28.9 Å². The molecule has 0 amide bonds. The number of furan rings is 1. The van der Waals surface area contributed by atoms with Gasteiger partial charge in [0, 0.05) is 19.6 Å². The second kappa shape index (κ2) is 6.21. The molecular formula is C15H23N5O3S. The summed E-state index contributed by atoms with van der Waals surface area (Å²) in [7, 11) is -1.35. The van der Waals surface area contributed by atoms with E-state index < -0.39 is 10.0 Å². The first-order chi connectivity index (χ1) is 11.3. The average Bonchev–Trinajstić information content (AvgIpc) is 3.04. The maximum absolute atomic E-state index is 11.8. The molecule has 2 aromatic heterocycles. The molecule has 3 rings (SSSR count). The van der Waals surface area contributed by atoms with Gasteiger partial charge in [0.05, 0.1) is 25.1 Å². The lowest BCUT2D eigenvalue weighted by Gasteiger charge is -2.37. The highest BCUT2D eigenvalue weighted by Gasteiger charge is 2.39. The normalized spacial score (nSPS) is 18.8. The van der Waals surface area contributed by atoms with Crippen LogP contribution in [0.5, 0.6) is 0 Å². The van der Waals surface area contributed by atoms with Crippen LogP contribution in [0.1, 0.15) is 37.9 Å². The summed E-state index contributed by atoms with van der Waals surface area (Å²) in [5, 5.41) is 8.58. The van der Waals surface area contributed by atoms with Gasteiger partial charge >= 0.3 is 0 Å². The van der Waals surface area contributed by atoms with E-state index in [1.807, 2.05) is 23.7 Å². The minimum absolute atomic E-state index is 0.193.